The topological polar surface area (TPSA) is 63.6 Å². The van der Waals surface area contributed by atoms with Gasteiger partial charge in [-0.25, -0.2) is 8.42 Å². The smallest absolute Gasteiger partial charge is 0.178 e. The molecule has 1 heterocycles. The fourth-order valence-corrected chi connectivity index (χ4v) is 5.19. The quantitative estimate of drug-likeness (QED) is 0.730. The summed E-state index contributed by atoms with van der Waals surface area (Å²) < 4.78 is 31.6. The van der Waals surface area contributed by atoms with Gasteiger partial charge in [-0.2, -0.15) is 0 Å². The Balaban J connectivity index is 2.18. The van der Waals surface area contributed by atoms with Crippen LogP contribution in [0.15, 0.2) is 47.9 Å². The van der Waals surface area contributed by atoms with Crippen molar-refractivity contribution in [1.29, 1.82) is 0 Å². The largest absolute Gasteiger partial charge is 0.393 e. The number of ether oxygens (including phenoxy) is 1. The number of sulfone groups is 1. The Bertz CT molecular complexity index is 626. The van der Waals surface area contributed by atoms with E-state index in [2.05, 4.69) is 6.58 Å². The van der Waals surface area contributed by atoms with Crippen LogP contribution < -0.4 is 0 Å². The van der Waals surface area contributed by atoms with Gasteiger partial charge in [0.05, 0.1) is 29.0 Å². The van der Waals surface area contributed by atoms with Crippen LogP contribution in [-0.2, 0) is 14.6 Å². The molecule has 1 aromatic rings. The lowest BCUT2D eigenvalue weighted by atomic mass is 9.87. The lowest BCUT2D eigenvalue weighted by Crippen LogP contribution is -2.28. The maximum atomic E-state index is 12.7. The van der Waals surface area contributed by atoms with Crippen molar-refractivity contribution in [3.63, 3.8) is 0 Å². The van der Waals surface area contributed by atoms with Gasteiger partial charge in [-0.05, 0) is 37.3 Å². The summed E-state index contributed by atoms with van der Waals surface area (Å²) in [7, 11) is -3.36. The SMILES string of the molecule is C=CC[C@@H]1OC(C[C@H](O)CC)[C@H](C)[C@H]1CS(=O)(=O)c1ccccc1. The van der Waals surface area contributed by atoms with E-state index in [1.807, 2.05) is 19.9 Å². The minimum absolute atomic E-state index is 0.0649. The standard InChI is InChI=1S/C19H28O4S/c1-4-9-18-17(14(3)19(23-18)12-15(20)5-2)13-24(21,22)16-10-7-6-8-11-16/h4,6-8,10-11,14-15,17-20H,1,5,9,12-13H2,2-3H3/t14-,15-,17-,18+,19?/m1/s1. The summed E-state index contributed by atoms with van der Waals surface area (Å²) in [6.07, 6.45) is 2.94. The molecule has 1 saturated heterocycles. The van der Waals surface area contributed by atoms with Crippen LogP contribution in [0.4, 0.5) is 0 Å². The molecule has 1 aliphatic rings. The Hall–Kier alpha value is -1.17. The molecule has 0 bridgehead atoms. The molecular formula is C19H28O4S. The average Bonchev–Trinajstić information content (AvgIpc) is 2.84. The molecular weight excluding hydrogens is 324 g/mol. The molecule has 1 unspecified atom stereocenters. The Morgan fingerprint density at radius 1 is 1.29 bits per heavy atom. The summed E-state index contributed by atoms with van der Waals surface area (Å²) in [4.78, 5) is 0.353. The summed E-state index contributed by atoms with van der Waals surface area (Å²) in [6.45, 7) is 7.72. The van der Waals surface area contributed by atoms with E-state index in [1.54, 1.807) is 30.3 Å². The van der Waals surface area contributed by atoms with Crippen molar-refractivity contribution in [2.24, 2.45) is 11.8 Å². The average molecular weight is 352 g/mol. The first kappa shape index (κ1) is 19.2. The van der Waals surface area contributed by atoms with E-state index in [0.29, 0.717) is 24.2 Å². The van der Waals surface area contributed by atoms with Gasteiger partial charge in [0.25, 0.3) is 0 Å². The normalized spacial score (nSPS) is 28.6. The minimum Gasteiger partial charge on any atom is -0.393 e. The van der Waals surface area contributed by atoms with Gasteiger partial charge in [-0.15, -0.1) is 6.58 Å². The van der Waals surface area contributed by atoms with Crippen molar-refractivity contribution < 1.29 is 18.3 Å². The molecule has 1 fully saturated rings. The zero-order valence-corrected chi connectivity index (χ0v) is 15.3. The molecule has 0 amide bonds. The van der Waals surface area contributed by atoms with Crippen LogP contribution in [0, 0.1) is 11.8 Å². The number of aliphatic hydroxyl groups excluding tert-OH is 1. The highest BCUT2D eigenvalue weighted by atomic mass is 32.2. The number of hydrogen-bond donors (Lipinski definition) is 1. The van der Waals surface area contributed by atoms with E-state index in [1.165, 1.54) is 0 Å². The van der Waals surface area contributed by atoms with E-state index in [4.69, 9.17) is 4.74 Å². The molecule has 134 valence electrons. The zero-order chi connectivity index (χ0) is 17.7. The van der Waals surface area contributed by atoms with Crippen molar-refractivity contribution in [3.8, 4) is 0 Å². The van der Waals surface area contributed by atoms with Crippen LogP contribution in [0.2, 0.25) is 0 Å². The van der Waals surface area contributed by atoms with Crippen LogP contribution in [0.3, 0.4) is 0 Å². The first-order chi connectivity index (χ1) is 11.4. The summed E-state index contributed by atoms with van der Waals surface area (Å²) in [5, 5.41) is 9.93. The van der Waals surface area contributed by atoms with Crippen LogP contribution in [0.1, 0.15) is 33.1 Å². The van der Waals surface area contributed by atoms with Crippen molar-refractivity contribution in [2.45, 2.75) is 56.3 Å². The van der Waals surface area contributed by atoms with Gasteiger partial charge in [0, 0.05) is 5.92 Å². The van der Waals surface area contributed by atoms with E-state index in [0.717, 1.165) is 0 Å². The second kappa shape index (κ2) is 8.28. The molecule has 5 heteroatoms. The van der Waals surface area contributed by atoms with Crippen molar-refractivity contribution in [1.82, 2.24) is 0 Å². The molecule has 0 spiro atoms. The molecule has 1 aromatic carbocycles. The first-order valence-electron chi connectivity index (χ1n) is 8.61. The Kier molecular flexibility index (Phi) is 6.61. The van der Waals surface area contributed by atoms with Crippen LogP contribution >= 0.6 is 0 Å². The number of rotatable bonds is 8. The van der Waals surface area contributed by atoms with Gasteiger partial charge < -0.3 is 9.84 Å². The molecule has 5 atom stereocenters. The predicted octanol–water partition coefficient (Wildman–Crippen LogP) is 3.22. The maximum absolute atomic E-state index is 12.7. The van der Waals surface area contributed by atoms with Gasteiger partial charge in [0.1, 0.15) is 0 Å². The number of hydrogen-bond acceptors (Lipinski definition) is 4. The van der Waals surface area contributed by atoms with Gasteiger partial charge in [0.15, 0.2) is 9.84 Å². The predicted molar refractivity (Wildman–Crippen MR) is 95.5 cm³/mol. The Labute approximate surface area is 145 Å². The van der Waals surface area contributed by atoms with Gasteiger partial charge in [-0.1, -0.05) is 38.1 Å². The second-order valence-corrected chi connectivity index (χ2v) is 8.69. The molecule has 0 saturated carbocycles. The monoisotopic (exact) mass is 352 g/mol. The Morgan fingerprint density at radius 2 is 1.96 bits per heavy atom. The molecule has 4 nitrogen and oxygen atoms in total. The van der Waals surface area contributed by atoms with Gasteiger partial charge in [-0.3, -0.25) is 0 Å². The van der Waals surface area contributed by atoms with Gasteiger partial charge >= 0.3 is 0 Å². The molecule has 0 aromatic heterocycles. The molecule has 1 N–H and O–H groups in total. The highest BCUT2D eigenvalue weighted by Crippen LogP contribution is 2.38. The molecule has 0 radical (unpaired) electrons. The third-order valence-electron chi connectivity index (χ3n) is 4.98. The third kappa shape index (κ3) is 4.47. The third-order valence-corrected chi connectivity index (χ3v) is 6.79. The molecule has 0 aliphatic carbocycles. The van der Waals surface area contributed by atoms with Crippen LogP contribution in [-0.4, -0.2) is 37.6 Å². The van der Waals surface area contributed by atoms with Crippen molar-refractivity contribution in [2.75, 3.05) is 5.75 Å². The fourth-order valence-electron chi connectivity index (χ4n) is 3.40. The Morgan fingerprint density at radius 3 is 2.54 bits per heavy atom. The summed E-state index contributed by atoms with van der Waals surface area (Å²) in [5.41, 5.74) is 0. The lowest BCUT2D eigenvalue weighted by Gasteiger charge is -2.21. The van der Waals surface area contributed by atoms with E-state index >= 15 is 0 Å². The summed E-state index contributed by atoms with van der Waals surface area (Å²) >= 11 is 0. The van der Waals surface area contributed by atoms with E-state index in [9.17, 15) is 13.5 Å². The van der Waals surface area contributed by atoms with Crippen LogP contribution in [0.25, 0.3) is 0 Å². The molecule has 24 heavy (non-hydrogen) atoms. The zero-order valence-electron chi connectivity index (χ0n) is 14.5. The second-order valence-electron chi connectivity index (χ2n) is 6.65. The highest BCUT2D eigenvalue weighted by Gasteiger charge is 2.43. The highest BCUT2D eigenvalue weighted by molar-refractivity contribution is 7.91. The maximum Gasteiger partial charge on any atom is 0.178 e. The van der Waals surface area contributed by atoms with E-state index < -0.39 is 15.9 Å². The summed E-state index contributed by atoms with van der Waals surface area (Å²) in [5.74, 6) is 0.0481. The fraction of sp³-hybridized carbons (Fsp3) is 0.579. The first-order valence-corrected chi connectivity index (χ1v) is 10.3. The molecule has 1 aliphatic heterocycles. The number of aliphatic hydroxyl groups is 1. The summed E-state index contributed by atoms with van der Waals surface area (Å²) in [6, 6.07) is 8.56. The lowest BCUT2D eigenvalue weighted by molar-refractivity contribution is 0.00109. The van der Waals surface area contributed by atoms with Gasteiger partial charge in [0.2, 0.25) is 0 Å². The molecule has 2 rings (SSSR count). The minimum atomic E-state index is -3.36. The van der Waals surface area contributed by atoms with Crippen molar-refractivity contribution >= 4 is 9.84 Å². The van der Waals surface area contributed by atoms with Crippen molar-refractivity contribution in [3.05, 3.63) is 43.0 Å². The van der Waals surface area contributed by atoms with E-state index in [-0.39, 0.29) is 29.8 Å². The number of benzene rings is 1. The van der Waals surface area contributed by atoms with Crippen LogP contribution in [0.5, 0.6) is 0 Å².